The predicted molar refractivity (Wildman–Crippen MR) is 103 cm³/mol. The van der Waals surface area contributed by atoms with Crippen LogP contribution in [0.5, 0.6) is 0 Å². The van der Waals surface area contributed by atoms with Gasteiger partial charge >= 0.3 is 5.97 Å². The van der Waals surface area contributed by atoms with Gasteiger partial charge in [0.25, 0.3) is 5.91 Å². The molecule has 0 aliphatic rings. The first-order valence-corrected chi connectivity index (χ1v) is 8.94. The van der Waals surface area contributed by atoms with Crippen molar-refractivity contribution in [2.24, 2.45) is 0 Å². The summed E-state index contributed by atoms with van der Waals surface area (Å²) in [5.74, 6) is -1.01. The molecule has 9 heteroatoms. The summed E-state index contributed by atoms with van der Waals surface area (Å²) >= 11 is 0. The van der Waals surface area contributed by atoms with Crippen molar-refractivity contribution < 1.29 is 23.5 Å². The predicted octanol–water partition coefficient (Wildman–Crippen LogP) is 3.11. The molecule has 150 valence electrons. The maximum atomic E-state index is 12.8. The average molecular weight is 396 g/mol. The molecule has 0 spiro atoms. The number of amides is 1. The molecule has 1 N–H and O–H groups in total. The molecule has 0 aliphatic heterocycles. The SMILES string of the molecule is CCOC(=O)c1c(NC(=O)c2cnn(-c3ccccn3)c2C)oc(C)c1C(C)=O. The quantitative estimate of drug-likeness (QED) is 0.502. The summed E-state index contributed by atoms with van der Waals surface area (Å²) in [5.41, 5.74) is 0.803. The standard InChI is InChI=1S/C20H20N4O5/c1-5-28-20(27)17-16(12(3)25)13(4)29-19(17)23-18(26)14-10-22-24(11(14)2)15-8-6-7-9-21-15/h6-10H,5H2,1-4H3,(H,23,26). The van der Waals surface area contributed by atoms with Crippen LogP contribution in [0.4, 0.5) is 5.88 Å². The van der Waals surface area contributed by atoms with E-state index in [4.69, 9.17) is 9.15 Å². The van der Waals surface area contributed by atoms with E-state index in [1.165, 1.54) is 17.8 Å². The fourth-order valence-corrected chi connectivity index (χ4v) is 2.97. The molecule has 3 aromatic heterocycles. The molecule has 1 amide bonds. The Morgan fingerprint density at radius 1 is 1.21 bits per heavy atom. The Hall–Kier alpha value is -3.75. The lowest BCUT2D eigenvalue weighted by Crippen LogP contribution is -2.17. The van der Waals surface area contributed by atoms with E-state index in [2.05, 4.69) is 15.4 Å². The average Bonchev–Trinajstić information content (AvgIpc) is 3.22. The topological polar surface area (TPSA) is 116 Å². The van der Waals surface area contributed by atoms with Gasteiger partial charge < -0.3 is 9.15 Å². The summed E-state index contributed by atoms with van der Waals surface area (Å²) in [6.07, 6.45) is 3.02. The maximum Gasteiger partial charge on any atom is 0.344 e. The summed E-state index contributed by atoms with van der Waals surface area (Å²) in [6, 6.07) is 5.35. The molecular formula is C20H20N4O5. The molecule has 0 fully saturated rings. The minimum absolute atomic E-state index is 0.0830. The van der Waals surface area contributed by atoms with Gasteiger partial charge in [-0.3, -0.25) is 14.9 Å². The van der Waals surface area contributed by atoms with Crippen LogP contribution in [-0.2, 0) is 4.74 Å². The number of aryl methyl sites for hydroxylation is 1. The van der Waals surface area contributed by atoms with Crippen LogP contribution < -0.4 is 5.32 Å². The van der Waals surface area contributed by atoms with Crippen LogP contribution in [0.3, 0.4) is 0 Å². The van der Waals surface area contributed by atoms with E-state index in [0.29, 0.717) is 11.5 Å². The summed E-state index contributed by atoms with van der Waals surface area (Å²) < 4.78 is 12.0. The van der Waals surface area contributed by atoms with Crippen LogP contribution in [0.25, 0.3) is 5.82 Å². The van der Waals surface area contributed by atoms with Gasteiger partial charge in [-0.05, 0) is 39.8 Å². The number of aromatic nitrogens is 3. The first-order chi connectivity index (χ1) is 13.8. The molecule has 0 aromatic carbocycles. The van der Waals surface area contributed by atoms with Crippen molar-refractivity contribution in [1.29, 1.82) is 0 Å². The summed E-state index contributed by atoms with van der Waals surface area (Å²) in [7, 11) is 0. The van der Waals surface area contributed by atoms with Crippen LogP contribution in [0.1, 0.15) is 56.4 Å². The number of ether oxygens (including phenoxy) is 1. The second kappa shape index (κ2) is 8.09. The highest BCUT2D eigenvalue weighted by Crippen LogP contribution is 2.29. The van der Waals surface area contributed by atoms with Crippen molar-refractivity contribution >= 4 is 23.5 Å². The molecule has 9 nitrogen and oxygen atoms in total. The fraction of sp³-hybridized carbons (Fsp3) is 0.250. The minimum Gasteiger partial charge on any atom is -0.462 e. The van der Waals surface area contributed by atoms with Gasteiger partial charge in [0.15, 0.2) is 11.6 Å². The number of Topliss-reactive ketones (excluding diaryl/α,β-unsaturated/α-hetero) is 1. The van der Waals surface area contributed by atoms with Crippen LogP contribution in [-0.4, -0.2) is 39.0 Å². The molecule has 0 saturated carbocycles. The molecule has 29 heavy (non-hydrogen) atoms. The molecule has 0 radical (unpaired) electrons. The number of carbonyl (C=O) groups is 3. The molecule has 0 unspecified atom stereocenters. The number of esters is 1. The molecule has 0 bridgehead atoms. The molecule has 3 heterocycles. The van der Waals surface area contributed by atoms with Crippen molar-refractivity contribution in [1.82, 2.24) is 14.8 Å². The van der Waals surface area contributed by atoms with Gasteiger partial charge in [-0.15, -0.1) is 0 Å². The molecule has 0 saturated heterocycles. The van der Waals surface area contributed by atoms with E-state index < -0.39 is 11.9 Å². The smallest absolute Gasteiger partial charge is 0.344 e. The number of rotatable bonds is 6. The largest absolute Gasteiger partial charge is 0.462 e. The summed E-state index contributed by atoms with van der Waals surface area (Å²) in [6.45, 7) is 6.33. The number of carbonyl (C=O) groups excluding carboxylic acids is 3. The van der Waals surface area contributed by atoms with E-state index in [1.54, 1.807) is 39.1 Å². The zero-order valence-electron chi connectivity index (χ0n) is 16.5. The van der Waals surface area contributed by atoms with Crippen molar-refractivity contribution in [2.75, 3.05) is 11.9 Å². The molecule has 3 rings (SSSR count). The highest BCUT2D eigenvalue weighted by Gasteiger charge is 2.29. The number of anilines is 1. The third-order valence-electron chi connectivity index (χ3n) is 4.26. The van der Waals surface area contributed by atoms with Crippen LogP contribution >= 0.6 is 0 Å². The minimum atomic E-state index is -0.745. The normalized spacial score (nSPS) is 10.6. The lowest BCUT2D eigenvalue weighted by molar-refractivity contribution is 0.0524. The van der Waals surface area contributed by atoms with Gasteiger partial charge in [0.05, 0.1) is 29.6 Å². The third-order valence-corrected chi connectivity index (χ3v) is 4.26. The Morgan fingerprint density at radius 3 is 2.59 bits per heavy atom. The summed E-state index contributed by atoms with van der Waals surface area (Å²) in [5, 5.41) is 6.76. The lowest BCUT2D eigenvalue weighted by atomic mass is 10.1. The Morgan fingerprint density at radius 2 is 1.97 bits per heavy atom. The first-order valence-electron chi connectivity index (χ1n) is 8.94. The van der Waals surface area contributed by atoms with Gasteiger partial charge in [-0.1, -0.05) is 6.07 Å². The van der Waals surface area contributed by atoms with E-state index in [9.17, 15) is 14.4 Å². The van der Waals surface area contributed by atoms with Crippen LogP contribution in [0.15, 0.2) is 35.0 Å². The van der Waals surface area contributed by atoms with Gasteiger partial charge in [0, 0.05) is 6.20 Å². The number of nitrogens with one attached hydrogen (secondary N) is 1. The zero-order chi connectivity index (χ0) is 21.1. The number of nitrogens with zero attached hydrogens (tertiary/aromatic N) is 3. The van der Waals surface area contributed by atoms with Crippen LogP contribution in [0, 0.1) is 13.8 Å². The molecule has 0 atom stereocenters. The Balaban J connectivity index is 1.96. The van der Waals surface area contributed by atoms with Gasteiger partial charge in [0.1, 0.15) is 11.3 Å². The number of ketones is 1. The Bertz CT molecular complexity index is 1080. The van der Waals surface area contributed by atoms with Crippen molar-refractivity contribution in [3.05, 3.63) is 58.7 Å². The van der Waals surface area contributed by atoms with Crippen LogP contribution in [0.2, 0.25) is 0 Å². The number of hydrogen-bond acceptors (Lipinski definition) is 7. The number of pyridine rings is 1. The highest BCUT2D eigenvalue weighted by atomic mass is 16.5. The van der Waals surface area contributed by atoms with Crippen molar-refractivity contribution in [3.8, 4) is 5.82 Å². The molecule has 3 aromatic rings. The summed E-state index contributed by atoms with van der Waals surface area (Å²) in [4.78, 5) is 41.4. The Labute approximate surface area is 166 Å². The molecule has 0 aliphatic carbocycles. The second-order valence-corrected chi connectivity index (χ2v) is 6.21. The Kier molecular flexibility index (Phi) is 5.58. The fourth-order valence-electron chi connectivity index (χ4n) is 2.97. The number of hydrogen-bond donors (Lipinski definition) is 1. The monoisotopic (exact) mass is 396 g/mol. The third kappa shape index (κ3) is 3.79. The van der Waals surface area contributed by atoms with Crippen molar-refractivity contribution in [3.63, 3.8) is 0 Å². The van der Waals surface area contributed by atoms with Crippen molar-refractivity contribution in [2.45, 2.75) is 27.7 Å². The van der Waals surface area contributed by atoms with Gasteiger partial charge in [-0.25, -0.2) is 14.5 Å². The maximum absolute atomic E-state index is 12.8. The highest BCUT2D eigenvalue weighted by molar-refractivity contribution is 6.12. The van der Waals surface area contributed by atoms with E-state index in [1.807, 2.05) is 6.07 Å². The van der Waals surface area contributed by atoms with E-state index >= 15 is 0 Å². The van der Waals surface area contributed by atoms with Gasteiger partial charge in [-0.2, -0.15) is 5.10 Å². The number of furan rings is 1. The second-order valence-electron chi connectivity index (χ2n) is 6.21. The first kappa shape index (κ1) is 20.0. The van der Waals surface area contributed by atoms with E-state index in [0.717, 1.165) is 0 Å². The van der Waals surface area contributed by atoms with Gasteiger partial charge in [0.2, 0.25) is 5.88 Å². The van der Waals surface area contributed by atoms with E-state index in [-0.39, 0.29) is 40.7 Å². The lowest BCUT2D eigenvalue weighted by Gasteiger charge is -2.06. The molecular weight excluding hydrogens is 376 g/mol. The zero-order valence-corrected chi connectivity index (χ0v) is 16.5.